The Morgan fingerprint density at radius 2 is 1.57 bits per heavy atom. The number of alkyl carbamates (subject to hydrolysis) is 2. The number of carbonyl (C=O) groups excluding carboxylic acids is 4. The highest BCUT2D eigenvalue weighted by molar-refractivity contribution is 6.07. The van der Waals surface area contributed by atoms with E-state index in [4.69, 9.17) is 33.7 Å². The smallest absolute Gasteiger partial charge is 0.407 e. The molecular weight excluding hydrogens is 871 g/mol. The van der Waals surface area contributed by atoms with Crippen molar-refractivity contribution in [3.05, 3.63) is 65.9 Å². The number of imidazole rings is 2. The second-order valence-corrected chi connectivity index (χ2v) is 18.4. The van der Waals surface area contributed by atoms with Crippen LogP contribution in [0.25, 0.3) is 44.2 Å². The monoisotopic (exact) mass is 928 g/mol. The predicted molar refractivity (Wildman–Crippen MR) is 243 cm³/mol. The van der Waals surface area contributed by atoms with Gasteiger partial charge >= 0.3 is 18.8 Å². The van der Waals surface area contributed by atoms with Gasteiger partial charge in [-0.1, -0.05) is 45.9 Å². The third-order valence-corrected chi connectivity index (χ3v) is 13.4. The largest absolute Gasteiger partial charge is 0.488 e. The van der Waals surface area contributed by atoms with Gasteiger partial charge in [0, 0.05) is 42.5 Å². The minimum atomic E-state index is -2.96. The molecule has 0 aliphatic carbocycles. The Bertz CT molecular complexity index is 2650. The second kappa shape index (κ2) is 19.5. The van der Waals surface area contributed by atoms with Crippen molar-refractivity contribution in [2.45, 2.75) is 90.9 Å². The van der Waals surface area contributed by atoms with Crippen molar-refractivity contribution in [3.63, 3.8) is 0 Å². The first-order valence-corrected chi connectivity index (χ1v) is 22.6. The number of nitrogens with one attached hydrogen (secondary N) is 4. The molecule has 67 heavy (non-hydrogen) atoms. The predicted octanol–water partition coefficient (Wildman–Crippen LogP) is 7.48. The van der Waals surface area contributed by atoms with Gasteiger partial charge in [-0.25, -0.2) is 19.6 Å². The van der Waals surface area contributed by atoms with Gasteiger partial charge < -0.3 is 54.1 Å². The van der Waals surface area contributed by atoms with Crippen LogP contribution in [0.15, 0.2) is 48.7 Å². The van der Waals surface area contributed by atoms with Crippen molar-refractivity contribution >= 4 is 45.8 Å². The molecule has 17 nitrogen and oxygen atoms in total. The van der Waals surface area contributed by atoms with E-state index in [0.717, 1.165) is 44.2 Å². The number of amides is 4. The molecule has 5 heterocycles. The summed E-state index contributed by atoms with van der Waals surface area (Å²) >= 11 is 0. The number of rotatable bonds is 14. The van der Waals surface area contributed by atoms with Gasteiger partial charge in [-0.3, -0.25) is 9.59 Å². The van der Waals surface area contributed by atoms with Crippen LogP contribution in [0.5, 0.6) is 5.75 Å². The summed E-state index contributed by atoms with van der Waals surface area (Å²) in [6.45, 7) is 7.17. The number of alkyl halides is 2. The second-order valence-electron chi connectivity index (χ2n) is 18.4. The Hall–Kier alpha value is -6.34. The van der Waals surface area contributed by atoms with Crippen molar-refractivity contribution in [1.82, 2.24) is 40.4 Å². The number of methoxy groups -OCH3 is 3. The van der Waals surface area contributed by atoms with Gasteiger partial charge in [-0.2, -0.15) is 8.78 Å². The lowest BCUT2D eigenvalue weighted by atomic mass is 9.92. The summed E-state index contributed by atoms with van der Waals surface area (Å²) in [5, 5.41) is 7.12. The first kappa shape index (κ1) is 47.2. The van der Waals surface area contributed by atoms with Crippen LogP contribution >= 0.6 is 0 Å². The van der Waals surface area contributed by atoms with Gasteiger partial charge in [0.25, 0.3) is 0 Å². The van der Waals surface area contributed by atoms with Crippen molar-refractivity contribution in [2.24, 2.45) is 23.7 Å². The summed E-state index contributed by atoms with van der Waals surface area (Å²) in [6, 6.07) is 10.9. The highest BCUT2D eigenvalue weighted by Gasteiger charge is 2.47. The number of aromatic amines is 2. The molecule has 2 aromatic heterocycles. The van der Waals surface area contributed by atoms with Gasteiger partial charge in [0.2, 0.25) is 11.8 Å². The number of carbonyl (C=O) groups is 4. The van der Waals surface area contributed by atoms with E-state index in [-0.39, 0.29) is 42.2 Å². The van der Waals surface area contributed by atoms with Gasteiger partial charge in [-0.05, 0) is 77.9 Å². The average molecular weight is 929 g/mol. The zero-order valence-corrected chi connectivity index (χ0v) is 38.9. The number of fused-ring (bicyclic) bond motifs is 6. The van der Waals surface area contributed by atoms with E-state index < -0.39 is 48.9 Å². The number of hydrogen-bond acceptors (Lipinski definition) is 11. The topological polar surface area (TPSA) is 202 Å². The molecule has 3 aliphatic rings. The highest BCUT2D eigenvalue weighted by Crippen LogP contribution is 2.45. The number of aromatic nitrogens is 4. The van der Waals surface area contributed by atoms with Crippen LogP contribution in [0.3, 0.4) is 0 Å². The van der Waals surface area contributed by atoms with Crippen LogP contribution < -0.4 is 15.4 Å². The standard InChI is InChI=1S/C48H58F2N8O9/c1-23(2)39(55-47(61)64-7)44(59)57-19-26(20-63-6)13-36(57)42-51-18-35(53-42)28-9-11-31-30(14-28)22-66-38-17-32-27(15-33(31)38)10-12-34-41(32)54-43(52-34)37-16-29(21-67-46(49)50)25(5)58(37)45(60)40(24(3)4)56-48(62)65-8/h9-12,14-15,17-18,23-26,29,36-37,39-40,46H,13,16,19-22H2,1-8H3,(H,51,53)(H,52,54)(H,55,61)(H,56,62)/t25-,26-,29+,36-,37-,39-,40-/m0/s1. The van der Waals surface area contributed by atoms with E-state index in [1.807, 2.05) is 38.1 Å². The molecule has 3 aliphatic heterocycles. The molecule has 5 aromatic rings. The first-order chi connectivity index (χ1) is 32.1. The Kier molecular flexibility index (Phi) is 13.7. The van der Waals surface area contributed by atoms with Crippen LogP contribution in [0, 0.1) is 23.7 Å². The molecular formula is C48H58F2N8O9. The quantitative estimate of drug-likeness (QED) is 0.0860. The molecule has 3 aromatic carbocycles. The maximum atomic E-state index is 14.3. The van der Waals surface area contributed by atoms with E-state index >= 15 is 0 Å². The fraction of sp³-hybridized carbons (Fsp3) is 0.500. The molecule has 2 fully saturated rings. The zero-order valence-electron chi connectivity index (χ0n) is 38.9. The fourth-order valence-corrected chi connectivity index (χ4v) is 9.92. The number of likely N-dealkylation sites (tertiary alicyclic amines) is 2. The van der Waals surface area contributed by atoms with Gasteiger partial charge in [0.15, 0.2) is 0 Å². The summed E-state index contributed by atoms with van der Waals surface area (Å²) < 4.78 is 52.8. The lowest BCUT2D eigenvalue weighted by Gasteiger charge is -2.33. The van der Waals surface area contributed by atoms with E-state index in [9.17, 15) is 28.0 Å². The normalized spacial score (nSPS) is 21.1. The molecule has 0 saturated carbocycles. The Balaban J connectivity index is 1.07. The molecule has 2 saturated heterocycles. The molecule has 4 amide bonds. The third-order valence-electron chi connectivity index (χ3n) is 13.4. The third kappa shape index (κ3) is 9.35. The molecule has 19 heteroatoms. The first-order valence-electron chi connectivity index (χ1n) is 22.6. The summed E-state index contributed by atoms with van der Waals surface area (Å²) in [6.07, 6.45) is 1.29. The van der Waals surface area contributed by atoms with Crippen molar-refractivity contribution in [2.75, 3.05) is 41.1 Å². The maximum absolute atomic E-state index is 14.3. The van der Waals surface area contributed by atoms with Gasteiger partial charge in [0.05, 0.1) is 62.4 Å². The van der Waals surface area contributed by atoms with Crippen molar-refractivity contribution in [1.29, 1.82) is 0 Å². The average Bonchev–Trinajstić information content (AvgIpc) is 4.13. The van der Waals surface area contributed by atoms with Crippen molar-refractivity contribution < 1.29 is 51.6 Å². The van der Waals surface area contributed by atoms with Crippen LogP contribution in [-0.4, -0.2) is 120 Å². The van der Waals surface area contributed by atoms with Crippen LogP contribution in [0.2, 0.25) is 0 Å². The summed E-state index contributed by atoms with van der Waals surface area (Å²) in [7, 11) is 4.13. The minimum absolute atomic E-state index is 0.0788. The molecule has 0 unspecified atom stereocenters. The molecule has 8 rings (SSSR count). The summed E-state index contributed by atoms with van der Waals surface area (Å²) in [5.74, 6) is 0.373. The van der Waals surface area contributed by atoms with Crippen LogP contribution in [-0.2, 0) is 35.1 Å². The number of benzene rings is 3. The highest BCUT2D eigenvalue weighted by atomic mass is 19.3. The zero-order chi connectivity index (χ0) is 47.8. The number of hydrogen-bond donors (Lipinski definition) is 4. The fourth-order valence-electron chi connectivity index (χ4n) is 9.92. The Morgan fingerprint density at radius 1 is 0.851 bits per heavy atom. The molecule has 0 spiro atoms. The minimum Gasteiger partial charge on any atom is -0.488 e. The summed E-state index contributed by atoms with van der Waals surface area (Å²) in [5.41, 5.74) is 5.95. The van der Waals surface area contributed by atoms with E-state index in [0.29, 0.717) is 55.5 Å². The number of ether oxygens (including phenoxy) is 5. The van der Waals surface area contributed by atoms with Crippen LogP contribution in [0.4, 0.5) is 18.4 Å². The van der Waals surface area contributed by atoms with Gasteiger partial charge in [-0.15, -0.1) is 0 Å². The summed E-state index contributed by atoms with van der Waals surface area (Å²) in [4.78, 5) is 72.8. The van der Waals surface area contributed by atoms with E-state index in [2.05, 4.69) is 38.8 Å². The van der Waals surface area contributed by atoms with Crippen LogP contribution in [0.1, 0.15) is 76.8 Å². The lowest BCUT2D eigenvalue weighted by molar-refractivity contribution is -0.143. The SMILES string of the molecule is COC[C@H]1C[C@@H](c2ncc(-c3ccc4c(c3)COc3cc5c(ccc6nc([C@@H]7C[C@H](COC(F)F)[C@H](C)N7C(=O)[C@@H](NC(=O)OC)C(C)C)[nH]c65)cc3-4)[nH]2)N(C(=O)[C@@H](NC(=O)OC)C(C)C)C1. The number of halogens is 2. The molecule has 7 atom stereocenters. The Labute approximate surface area is 386 Å². The van der Waals surface area contributed by atoms with Gasteiger partial charge in [0.1, 0.15) is 36.1 Å². The van der Waals surface area contributed by atoms with E-state index in [1.165, 1.54) is 14.2 Å². The Morgan fingerprint density at radius 3 is 2.24 bits per heavy atom. The maximum Gasteiger partial charge on any atom is 0.407 e. The molecule has 0 bridgehead atoms. The lowest BCUT2D eigenvalue weighted by Crippen LogP contribution is -2.53. The van der Waals surface area contributed by atoms with Crippen molar-refractivity contribution in [3.8, 4) is 28.1 Å². The van der Waals surface area contributed by atoms with E-state index in [1.54, 1.807) is 43.9 Å². The molecule has 0 radical (unpaired) electrons. The number of H-pyrrole nitrogens is 2. The molecule has 358 valence electrons. The number of nitrogens with zero attached hydrogens (tertiary/aromatic N) is 4. The molecule has 4 N–H and O–H groups in total.